The van der Waals surface area contributed by atoms with E-state index in [9.17, 15) is 9.59 Å². The summed E-state index contributed by atoms with van der Waals surface area (Å²) in [5, 5.41) is 0. The first-order valence-corrected chi connectivity index (χ1v) is 13.0. The summed E-state index contributed by atoms with van der Waals surface area (Å²) in [4.78, 5) is 33.2. The molecular formula is C26H26N2O5S2. The topological polar surface area (TPSA) is 79.1 Å². The fraction of sp³-hybridized carbons (Fsp3) is 0.269. The molecule has 2 aromatic carbocycles. The second-order valence-electron chi connectivity index (χ2n) is 7.73. The maximum absolute atomic E-state index is 13.7. The molecule has 4 rings (SSSR count). The molecule has 3 aromatic rings. The van der Waals surface area contributed by atoms with E-state index in [-0.39, 0.29) is 18.8 Å². The summed E-state index contributed by atoms with van der Waals surface area (Å²) in [6, 6.07) is 14.6. The summed E-state index contributed by atoms with van der Waals surface area (Å²) in [6.07, 6.45) is 3.87. The average Bonchev–Trinajstić information content (AvgIpc) is 3.17. The van der Waals surface area contributed by atoms with Crippen LogP contribution in [0.5, 0.6) is 5.75 Å². The molecule has 0 bridgehead atoms. The maximum atomic E-state index is 13.7. The van der Waals surface area contributed by atoms with Crippen LogP contribution in [0.2, 0.25) is 0 Å². The fourth-order valence-corrected chi connectivity index (χ4v) is 5.37. The number of thioether (sulfide) groups is 1. The molecular weight excluding hydrogens is 484 g/mol. The molecule has 0 aliphatic carbocycles. The van der Waals surface area contributed by atoms with Crippen molar-refractivity contribution in [2.24, 2.45) is 4.99 Å². The van der Waals surface area contributed by atoms with Crippen molar-refractivity contribution in [1.29, 1.82) is 0 Å². The Morgan fingerprint density at radius 2 is 1.89 bits per heavy atom. The molecule has 0 saturated carbocycles. The van der Waals surface area contributed by atoms with Crippen LogP contribution in [0.25, 0.3) is 6.08 Å². The van der Waals surface area contributed by atoms with Gasteiger partial charge in [0.15, 0.2) is 4.80 Å². The lowest BCUT2D eigenvalue weighted by atomic mass is 9.95. The number of thiazole rings is 1. The van der Waals surface area contributed by atoms with Crippen molar-refractivity contribution in [2.75, 3.05) is 33.7 Å². The van der Waals surface area contributed by atoms with Crippen molar-refractivity contribution in [3.05, 3.63) is 90.6 Å². The molecule has 0 N–H and O–H groups in total. The van der Waals surface area contributed by atoms with E-state index in [4.69, 9.17) is 14.2 Å². The monoisotopic (exact) mass is 510 g/mol. The summed E-state index contributed by atoms with van der Waals surface area (Å²) in [5.41, 5.74) is 2.17. The first kappa shape index (κ1) is 25.0. The van der Waals surface area contributed by atoms with Crippen molar-refractivity contribution < 1.29 is 19.0 Å². The Hall–Kier alpha value is -3.14. The predicted molar refractivity (Wildman–Crippen MR) is 138 cm³/mol. The summed E-state index contributed by atoms with van der Waals surface area (Å²) in [7, 11) is 3.10. The van der Waals surface area contributed by atoms with Crippen molar-refractivity contribution in [3.8, 4) is 5.75 Å². The van der Waals surface area contributed by atoms with Gasteiger partial charge in [-0.25, -0.2) is 9.79 Å². The Kier molecular flexibility index (Phi) is 7.90. The lowest BCUT2D eigenvalue weighted by molar-refractivity contribution is -0.140. The van der Waals surface area contributed by atoms with Crippen molar-refractivity contribution in [3.63, 3.8) is 0 Å². The number of allylic oxidation sites excluding steroid dienone is 1. The minimum atomic E-state index is -0.738. The van der Waals surface area contributed by atoms with Crippen molar-refractivity contribution >= 4 is 35.1 Å². The van der Waals surface area contributed by atoms with Gasteiger partial charge >= 0.3 is 5.97 Å². The van der Waals surface area contributed by atoms with Crippen LogP contribution < -0.4 is 19.6 Å². The average molecular weight is 511 g/mol. The molecule has 1 unspecified atom stereocenters. The molecule has 2 heterocycles. The normalized spacial score (nSPS) is 15.5. The van der Waals surface area contributed by atoms with E-state index in [0.717, 1.165) is 10.5 Å². The fourth-order valence-electron chi connectivity index (χ4n) is 3.92. The minimum Gasteiger partial charge on any atom is -0.496 e. The molecule has 1 aliphatic rings. The first-order valence-electron chi connectivity index (χ1n) is 10.9. The Morgan fingerprint density at radius 3 is 2.57 bits per heavy atom. The number of carbonyl (C=O) groups excluding carboxylic acids is 1. The second-order valence-corrected chi connectivity index (χ2v) is 9.61. The van der Waals surface area contributed by atoms with Crippen LogP contribution in [-0.4, -0.2) is 44.2 Å². The van der Waals surface area contributed by atoms with E-state index in [0.29, 0.717) is 31.9 Å². The maximum Gasteiger partial charge on any atom is 0.338 e. The Morgan fingerprint density at radius 1 is 1.14 bits per heavy atom. The van der Waals surface area contributed by atoms with Crippen LogP contribution in [0.4, 0.5) is 0 Å². The SMILES string of the molecule is COCCOC(=O)C1=C(C)N=c2sc(=Cc3ccc(SC)cc3)c(=O)n2C1c1ccccc1OC. The lowest BCUT2D eigenvalue weighted by Crippen LogP contribution is -2.40. The zero-order chi connectivity index (χ0) is 24.9. The summed E-state index contributed by atoms with van der Waals surface area (Å²) in [5.74, 6) is 0.0257. The van der Waals surface area contributed by atoms with Gasteiger partial charge in [0.2, 0.25) is 0 Å². The summed E-state index contributed by atoms with van der Waals surface area (Å²) in [6.45, 7) is 2.13. The standard InChI is InChI=1S/C26H26N2O5S2/c1-16-22(25(30)33-14-13-31-2)23(19-7-5-6-8-20(19)32-3)28-24(29)21(35-26(28)27-16)15-17-9-11-18(34-4)12-10-17/h5-12,15,23H,13-14H2,1-4H3. The largest absolute Gasteiger partial charge is 0.496 e. The molecule has 35 heavy (non-hydrogen) atoms. The third-order valence-electron chi connectivity index (χ3n) is 5.61. The molecule has 0 radical (unpaired) electrons. The minimum absolute atomic E-state index is 0.0984. The van der Waals surface area contributed by atoms with Crippen LogP contribution in [0.15, 0.2) is 74.5 Å². The number of benzene rings is 2. The van der Waals surface area contributed by atoms with Gasteiger partial charge in [-0.3, -0.25) is 9.36 Å². The molecule has 1 aromatic heterocycles. The number of hydrogen-bond donors (Lipinski definition) is 0. The van der Waals surface area contributed by atoms with Gasteiger partial charge in [-0.15, -0.1) is 11.8 Å². The quantitative estimate of drug-likeness (QED) is 0.263. The third-order valence-corrected chi connectivity index (χ3v) is 7.34. The highest BCUT2D eigenvalue weighted by Crippen LogP contribution is 2.35. The van der Waals surface area contributed by atoms with Gasteiger partial charge in [-0.05, 0) is 43.0 Å². The van der Waals surface area contributed by atoms with Gasteiger partial charge in [0.1, 0.15) is 18.4 Å². The molecule has 7 nitrogen and oxygen atoms in total. The molecule has 0 amide bonds. The van der Waals surface area contributed by atoms with E-state index in [1.165, 1.54) is 18.4 Å². The predicted octanol–water partition coefficient (Wildman–Crippen LogP) is 3.16. The molecule has 0 fully saturated rings. The zero-order valence-electron chi connectivity index (χ0n) is 19.9. The molecule has 182 valence electrons. The summed E-state index contributed by atoms with van der Waals surface area (Å²) < 4.78 is 18.1. The van der Waals surface area contributed by atoms with E-state index in [2.05, 4.69) is 4.99 Å². The molecule has 0 spiro atoms. The zero-order valence-corrected chi connectivity index (χ0v) is 21.6. The van der Waals surface area contributed by atoms with Crippen molar-refractivity contribution in [1.82, 2.24) is 4.57 Å². The van der Waals surface area contributed by atoms with Crippen LogP contribution in [0, 0.1) is 0 Å². The smallest absolute Gasteiger partial charge is 0.338 e. The van der Waals surface area contributed by atoms with Gasteiger partial charge < -0.3 is 14.2 Å². The Balaban J connectivity index is 1.89. The number of rotatable bonds is 8. The van der Waals surface area contributed by atoms with Crippen LogP contribution >= 0.6 is 23.1 Å². The van der Waals surface area contributed by atoms with Crippen LogP contribution in [0.3, 0.4) is 0 Å². The highest BCUT2D eigenvalue weighted by Gasteiger charge is 2.35. The second kappa shape index (κ2) is 11.1. The van der Waals surface area contributed by atoms with E-state index < -0.39 is 12.0 Å². The molecule has 9 heteroatoms. The number of para-hydroxylation sites is 1. The third kappa shape index (κ3) is 5.12. The van der Waals surface area contributed by atoms with Crippen LogP contribution in [-0.2, 0) is 14.3 Å². The van der Waals surface area contributed by atoms with Crippen molar-refractivity contribution in [2.45, 2.75) is 17.9 Å². The Labute approximate surface area is 211 Å². The number of aromatic nitrogens is 1. The number of hydrogen-bond acceptors (Lipinski definition) is 8. The number of ether oxygens (including phenoxy) is 3. The summed E-state index contributed by atoms with van der Waals surface area (Å²) >= 11 is 2.95. The van der Waals surface area contributed by atoms with Gasteiger partial charge in [0.25, 0.3) is 5.56 Å². The van der Waals surface area contributed by atoms with E-state index in [1.807, 2.05) is 60.9 Å². The van der Waals surface area contributed by atoms with Crippen LogP contribution in [0.1, 0.15) is 24.1 Å². The molecule has 1 aliphatic heterocycles. The van der Waals surface area contributed by atoms with Gasteiger partial charge in [-0.1, -0.05) is 41.7 Å². The van der Waals surface area contributed by atoms with Gasteiger partial charge in [0, 0.05) is 17.6 Å². The van der Waals surface area contributed by atoms with Gasteiger partial charge in [-0.2, -0.15) is 0 Å². The molecule has 1 atom stereocenters. The highest BCUT2D eigenvalue weighted by atomic mass is 32.2. The first-order chi connectivity index (χ1) is 17.0. The highest BCUT2D eigenvalue weighted by molar-refractivity contribution is 7.98. The van der Waals surface area contributed by atoms with E-state index >= 15 is 0 Å². The lowest BCUT2D eigenvalue weighted by Gasteiger charge is -2.26. The number of fused-ring (bicyclic) bond motifs is 1. The Bertz CT molecular complexity index is 1440. The molecule has 0 saturated heterocycles. The number of esters is 1. The van der Waals surface area contributed by atoms with Gasteiger partial charge in [0.05, 0.1) is 29.5 Å². The van der Waals surface area contributed by atoms with E-state index in [1.54, 1.807) is 30.4 Å². The number of nitrogens with zero attached hydrogens (tertiary/aromatic N) is 2. The number of carbonyl (C=O) groups is 1. The number of methoxy groups -OCH3 is 2.